The van der Waals surface area contributed by atoms with Crippen LogP contribution in [0.2, 0.25) is 0 Å². The molecular weight excluding hydrogens is 378 g/mol. The van der Waals surface area contributed by atoms with Gasteiger partial charge in [0.1, 0.15) is 6.61 Å². The van der Waals surface area contributed by atoms with Gasteiger partial charge in [0.15, 0.2) is 11.5 Å². The van der Waals surface area contributed by atoms with Crippen LogP contribution in [0.3, 0.4) is 0 Å². The van der Waals surface area contributed by atoms with E-state index in [4.69, 9.17) is 9.47 Å². The molecule has 0 aliphatic heterocycles. The summed E-state index contributed by atoms with van der Waals surface area (Å²) in [4.78, 5) is 12.6. The molecule has 6 heteroatoms. The Morgan fingerprint density at radius 2 is 1.80 bits per heavy atom. The first-order chi connectivity index (χ1) is 14.3. The summed E-state index contributed by atoms with van der Waals surface area (Å²) in [7, 11) is 1.61. The lowest BCUT2D eigenvalue weighted by molar-refractivity contribution is 0.0950. The van der Waals surface area contributed by atoms with Crippen molar-refractivity contribution >= 4 is 5.91 Å². The van der Waals surface area contributed by atoms with Gasteiger partial charge in [0, 0.05) is 12.2 Å². The van der Waals surface area contributed by atoms with Crippen molar-refractivity contribution in [2.45, 2.75) is 46.4 Å². The highest BCUT2D eigenvalue weighted by molar-refractivity contribution is 5.95. The van der Waals surface area contributed by atoms with Gasteiger partial charge in [-0.05, 0) is 51.0 Å². The summed E-state index contributed by atoms with van der Waals surface area (Å²) < 4.78 is 13.2. The molecule has 1 heterocycles. The molecule has 0 unspecified atom stereocenters. The average molecular weight is 408 g/mol. The predicted molar refractivity (Wildman–Crippen MR) is 117 cm³/mol. The fourth-order valence-corrected chi connectivity index (χ4v) is 3.26. The van der Waals surface area contributed by atoms with Crippen molar-refractivity contribution in [2.75, 3.05) is 7.11 Å². The van der Waals surface area contributed by atoms with E-state index in [2.05, 4.69) is 31.2 Å². The molecule has 1 N–H and O–H groups in total. The summed E-state index contributed by atoms with van der Waals surface area (Å²) >= 11 is 0. The lowest BCUT2D eigenvalue weighted by Crippen LogP contribution is -2.26. The lowest BCUT2D eigenvalue weighted by atomic mass is 10.1. The molecule has 6 nitrogen and oxygen atoms in total. The number of carbonyl (C=O) groups excluding carboxylic acids is 1. The van der Waals surface area contributed by atoms with Crippen molar-refractivity contribution in [3.63, 3.8) is 0 Å². The molecule has 1 aromatic heterocycles. The Balaban J connectivity index is 1.64. The van der Waals surface area contributed by atoms with Crippen molar-refractivity contribution < 1.29 is 14.3 Å². The number of carbonyl (C=O) groups is 1. The van der Waals surface area contributed by atoms with Crippen molar-refractivity contribution in [3.8, 4) is 11.5 Å². The minimum absolute atomic E-state index is 0.147. The zero-order valence-electron chi connectivity index (χ0n) is 18.2. The largest absolute Gasteiger partial charge is 0.493 e. The molecule has 0 saturated heterocycles. The summed E-state index contributed by atoms with van der Waals surface area (Å²) in [6, 6.07) is 15.6. The molecule has 0 aliphatic carbocycles. The van der Waals surface area contributed by atoms with Crippen molar-refractivity contribution in [1.29, 1.82) is 0 Å². The molecule has 3 aromatic rings. The van der Waals surface area contributed by atoms with Gasteiger partial charge in [-0.2, -0.15) is 5.10 Å². The zero-order valence-corrected chi connectivity index (χ0v) is 18.2. The van der Waals surface area contributed by atoms with Crippen LogP contribution < -0.4 is 14.8 Å². The fourth-order valence-electron chi connectivity index (χ4n) is 3.26. The molecule has 0 saturated carbocycles. The summed E-state index contributed by atoms with van der Waals surface area (Å²) in [5, 5.41) is 7.33. The number of nitrogens with zero attached hydrogens (tertiary/aromatic N) is 2. The third-order valence-corrected chi connectivity index (χ3v) is 4.81. The number of hydrogen-bond donors (Lipinski definition) is 1. The highest BCUT2D eigenvalue weighted by Crippen LogP contribution is 2.29. The topological polar surface area (TPSA) is 65.4 Å². The van der Waals surface area contributed by atoms with E-state index >= 15 is 0 Å². The fraction of sp³-hybridized carbons (Fsp3) is 0.333. The normalized spacial score (nSPS) is 11.2. The van der Waals surface area contributed by atoms with Crippen LogP contribution in [0, 0.1) is 6.92 Å². The zero-order chi connectivity index (χ0) is 21.7. The Kier molecular flexibility index (Phi) is 6.45. The Hall–Kier alpha value is -3.28. The molecule has 0 bridgehead atoms. The van der Waals surface area contributed by atoms with Crippen LogP contribution in [0.5, 0.6) is 11.5 Å². The second kappa shape index (κ2) is 9.03. The van der Waals surface area contributed by atoms with Gasteiger partial charge in [0.05, 0.1) is 24.4 Å². The molecule has 2 aromatic carbocycles. The van der Waals surface area contributed by atoms with E-state index in [0.29, 0.717) is 30.2 Å². The van der Waals surface area contributed by atoms with Crippen LogP contribution in [0.4, 0.5) is 0 Å². The molecule has 0 atom stereocenters. The number of ether oxygens (including phenoxy) is 2. The number of amides is 1. The molecule has 0 fully saturated rings. The summed E-state index contributed by atoms with van der Waals surface area (Å²) in [5.41, 5.74) is 3.27. The molecular formula is C24H29N3O3. The van der Waals surface area contributed by atoms with Crippen molar-refractivity contribution in [2.24, 2.45) is 0 Å². The van der Waals surface area contributed by atoms with Crippen LogP contribution >= 0.6 is 0 Å². The van der Waals surface area contributed by atoms with Gasteiger partial charge >= 0.3 is 0 Å². The van der Waals surface area contributed by atoms with E-state index in [9.17, 15) is 4.79 Å². The first-order valence-electron chi connectivity index (χ1n) is 9.96. The summed E-state index contributed by atoms with van der Waals surface area (Å²) in [6.45, 7) is 8.93. The number of hydrogen-bond acceptors (Lipinski definition) is 4. The minimum Gasteiger partial charge on any atom is -0.493 e. The SMILES string of the molecule is COc1cc(CNC(=O)c2cnn(C(C)(C)C)c2C)ccc1OCc1ccccc1. The Morgan fingerprint density at radius 3 is 2.43 bits per heavy atom. The highest BCUT2D eigenvalue weighted by Gasteiger charge is 2.21. The van der Waals surface area contributed by atoms with Gasteiger partial charge in [0.2, 0.25) is 0 Å². The molecule has 30 heavy (non-hydrogen) atoms. The average Bonchev–Trinajstić information content (AvgIpc) is 3.13. The minimum atomic E-state index is -0.175. The lowest BCUT2D eigenvalue weighted by Gasteiger charge is -2.21. The smallest absolute Gasteiger partial charge is 0.255 e. The second-order valence-corrected chi connectivity index (χ2v) is 8.17. The van der Waals surface area contributed by atoms with Crippen LogP contribution in [-0.4, -0.2) is 22.8 Å². The molecule has 3 rings (SSSR count). The van der Waals surface area contributed by atoms with E-state index < -0.39 is 0 Å². The second-order valence-electron chi connectivity index (χ2n) is 8.17. The Morgan fingerprint density at radius 1 is 1.07 bits per heavy atom. The van der Waals surface area contributed by atoms with Crippen LogP contribution in [0.25, 0.3) is 0 Å². The molecule has 1 amide bonds. The van der Waals surface area contributed by atoms with Crippen LogP contribution in [0.1, 0.15) is 48.0 Å². The first kappa shape index (κ1) is 21.4. The van der Waals surface area contributed by atoms with Gasteiger partial charge in [-0.3, -0.25) is 9.48 Å². The summed E-state index contributed by atoms with van der Waals surface area (Å²) in [5.74, 6) is 1.15. The monoisotopic (exact) mass is 407 g/mol. The van der Waals surface area contributed by atoms with Gasteiger partial charge < -0.3 is 14.8 Å². The first-order valence-corrected chi connectivity index (χ1v) is 9.96. The summed E-state index contributed by atoms with van der Waals surface area (Å²) in [6.07, 6.45) is 1.62. The van der Waals surface area contributed by atoms with Gasteiger partial charge in [-0.25, -0.2) is 0 Å². The van der Waals surface area contributed by atoms with E-state index in [0.717, 1.165) is 16.8 Å². The molecule has 0 radical (unpaired) electrons. The van der Waals surface area contributed by atoms with E-state index in [1.807, 2.05) is 60.1 Å². The number of benzene rings is 2. The maximum atomic E-state index is 12.6. The van der Waals surface area contributed by atoms with E-state index in [-0.39, 0.29) is 11.4 Å². The van der Waals surface area contributed by atoms with E-state index in [1.54, 1.807) is 13.3 Å². The van der Waals surface area contributed by atoms with Crippen molar-refractivity contribution in [3.05, 3.63) is 77.1 Å². The highest BCUT2D eigenvalue weighted by atomic mass is 16.5. The van der Waals surface area contributed by atoms with E-state index in [1.165, 1.54) is 0 Å². The number of methoxy groups -OCH3 is 1. The molecule has 158 valence electrons. The predicted octanol–water partition coefficient (Wildman–Crippen LogP) is 4.46. The van der Waals surface area contributed by atoms with Crippen LogP contribution in [-0.2, 0) is 18.7 Å². The van der Waals surface area contributed by atoms with Gasteiger partial charge in [-0.15, -0.1) is 0 Å². The Bertz CT molecular complexity index is 1000. The van der Waals surface area contributed by atoms with Crippen LogP contribution in [0.15, 0.2) is 54.7 Å². The van der Waals surface area contributed by atoms with Gasteiger partial charge in [-0.1, -0.05) is 36.4 Å². The molecule has 0 aliphatic rings. The molecule has 0 spiro atoms. The third-order valence-electron chi connectivity index (χ3n) is 4.81. The third kappa shape index (κ3) is 5.00. The maximum Gasteiger partial charge on any atom is 0.255 e. The quantitative estimate of drug-likeness (QED) is 0.628. The Labute approximate surface area is 177 Å². The maximum absolute atomic E-state index is 12.6. The van der Waals surface area contributed by atoms with Crippen molar-refractivity contribution in [1.82, 2.24) is 15.1 Å². The van der Waals surface area contributed by atoms with Gasteiger partial charge in [0.25, 0.3) is 5.91 Å². The number of rotatable bonds is 7. The number of aromatic nitrogens is 2. The standard InChI is InChI=1S/C24H29N3O3/c1-17-20(15-26-27(17)24(2,3)4)23(28)25-14-19-11-12-21(22(13-19)29-5)30-16-18-9-7-6-8-10-18/h6-13,15H,14,16H2,1-5H3,(H,25,28). The number of nitrogens with one attached hydrogen (secondary N) is 1.